The Bertz CT molecular complexity index is 805. The van der Waals surface area contributed by atoms with Crippen molar-refractivity contribution in [1.29, 1.82) is 0 Å². The predicted molar refractivity (Wildman–Crippen MR) is 93.9 cm³/mol. The van der Waals surface area contributed by atoms with Crippen LogP contribution in [-0.4, -0.2) is 36.1 Å². The quantitative estimate of drug-likeness (QED) is 0.741. The van der Waals surface area contributed by atoms with E-state index in [1.54, 1.807) is 18.5 Å². The first-order valence-corrected chi connectivity index (χ1v) is 8.69. The van der Waals surface area contributed by atoms with Crippen LogP contribution in [0.1, 0.15) is 18.1 Å². The van der Waals surface area contributed by atoms with Gasteiger partial charge in [0.1, 0.15) is 0 Å². The molecule has 0 saturated carbocycles. The van der Waals surface area contributed by atoms with Crippen molar-refractivity contribution in [2.75, 3.05) is 25.1 Å². The van der Waals surface area contributed by atoms with Crippen molar-refractivity contribution in [2.24, 2.45) is 5.41 Å². The third kappa shape index (κ3) is 1.95. The van der Waals surface area contributed by atoms with Gasteiger partial charge in [0.15, 0.2) is 0 Å². The minimum absolute atomic E-state index is 0.173. The van der Waals surface area contributed by atoms with E-state index in [4.69, 9.17) is 4.74 Å². The molecule has 1 atom stereocenters. The Kier molecular flexibility index (Phi) is 3.42. The molecule has 0 amide bonds. The van der Waals surface area contributed by atoms with E-state index in [2.05, 4.69) is 42.9 Å². The Hall–Kier alpha value is -1.95. The molecule has 1 aliphatic heterocycles. The number of carbonyl (C=O) groups excluding carboxylic acids is 1. The van der Waals surface area contributed by atoms with Crippen LogP contribution in [-0.2, 0) is 21.4 Å². The van der Waals surface area contributed by atoms with Gasteiger partial charge in [0.05, 0.1) is 12.5 Å². The van der Waals surface area contributed by atoms with Crippen molar-refractivity contribution in [1.82, 2.24) is 9.97 Å². The third-order valence-corrected chi connectivity index (χ3v) is 6.11. The lowest BCUT2D eigenvalue weighted by molar-refractivity contribution is -0.153. The molecule has 6 heteroatoms. The number of nitrogens with zero attached hydrogens (tertiary/aromatic N) is 3. The van der Waals surface area contributed by atoms with Crippen molar-refractivity contribution in [3.05, 3.63) is 52.3 Å². The Labute approximate surface area is 149 Å². The van der Waals surface area contributed by atoms with Crippen LogP contribution in [0.2, 0.25) is 0 Å². The zero-order chi connectivity index (χ0) is 16.9. The van der Waals surface area contributed by atoms with Gasteiger partial charge in [0, 0.05) is 35.4 Å². The van der Waals surface area contributed by atoms with Gasteiger partial charge < -0.3 is 9.64 Å². The number of halogens is 1. The zero-order valence-electron chi connectivity index (χ0n) is 13.6. The summed E-state index contributed by atoms with van der Waals surface area (Å²) in [5, 5.41) is 0. The van der Waals surface area contributed by atoms with Gasteiger partial charge >= 0.3 is 5.97 Å². The van der Waals surface area contributed by atoms with Crippen LogP contribution in [0.15, 0.2) is 41.1 Å². The normalized spacial score (nSPS) is 23.7. The molecule has 2 aromatic rings. The van der Waals surface area contributed by atoms with Crippen molar-refractivity contribution >= 4 is 27.8 Å². The molecule has 5 nitrogen and oxygen atoms in total. The molecule has 1 aromatic heterocycles. The number of methoxy groups -OCH3 is 1. The minimum atomic E-state index is -0.661. The molecule has 1 aliphatic carbocycles. The number of hydrogen-bond donors (Lipinski definition) is 0. The summed E-state index contributed by atoms with van der Waals surface area (Å²) in [7, 11) is 1.47. The van der Waals surface area contributed by atoms with Crippen LogP contribution in [0, 0.1) is 5.41 Å². The molecule has 1 fully saturated rings. The summed E-state index contributed by atoms with van der Waals surface area (Å²) in [6.45, 7) is 3.50. The van der Waals surface area contributed by atoms with Crippen LogP contribution < -0.4 is 4.90 Å². The SMILES string of the molecule is COC(=O)C1(C)c2cc(Br)ccc2CC12CN(c1ncccn1)C2. The molecule has 1 unspecified atom stereocenters. The van der Waals surface area contributed by atoms with E-state index in [0.29, 0.717) is 5.95 Å². The second-order valence-electron chi connectivity index (χ2n) is 6.78. The van der Waals surface area contributed by atoms with Gasteiger partial charge in [-0.1, -0.05) is 22.0 Å². The summed E-state index contributed by atoms with van der Waals surface area (Å²) in [6.07, 6.45) is 4.35. The van der Waals surface area contributed by atoms with Crippen LogP contribution in [0.25, 0.3) is 0 Å². The lowest BCUT2D eigenvalue weighted by Gasteiger charge is -2.54. The van der Waals surface area contributed by atoms with E-state index in [-0.39, 0.29) is 11.4 Å². The molecule has 1 saturated heterocycles. The predicted octanol–water partition coefficient (Wildman–Crippen LogP) is 2.73. The molecule has 0 bridgehead atoms. The second kappa shape index (κ2) is 5.28. The van der Waals surface area contributed by atoms with Gasteiger partial charge in [-0.15, -0.1) is 0 Å². The highest BCUT2D eigenvalue weighted by Crippen LogP contribution is 2.57. The summed E-state index contributed by atoms with van der Waals surface area (Å²) in [4.78, 5) is 23.5. The molecule has 1 spiro atoms. The van der Waals surface area contributed by atoms with Gasteiger partial charge in [0.25, 0.3) is 0 Å². The molecule has 1 aromatic carbocycles. The maximum Gasteiger partial charge on any atom is 0.316 e. The molecule has 4 rings (SSSR count). The van der Waals surface area contributed by atoms with Crippen LogP contribution in [0.3, 0.4) is 0 Å². The number of esters is 1. The highest BCUT2D eigenvalue weighted by Gasteiger charge is 2.65. The molecule has 2 heterocycles. The molecule has 0 radical (unpaired) electrons. The van der Waals surface area contributed by atoms with Crippen molar-refractivity contribution < 1.29 is 9.53 Å². The fourth-order valence-corrected chi connectivity index (χ4v) is 4.60. The molecule has 2 aliphatic rings. The molecular weight excluding hydrogens is 370 g/mol. The number of ether oxygens (including phenoxy) is 1. The van der Waals surface area contributed by atoms with Gasteiger partial charge in [0.2, 0.25) is 5.95 Å². The second-order valence-corrected chi connectivity index (χ2v) is 7.70. The number of carbonyl (C=O) groups is 1. The average molecular weight is 388 g/mol. The van der Waals surface area contributed by atoms with Crippen molar-refractivity contribution in [3.8, 4) is 0 Å². The highest BCUT2D eigenvalue weighted by atomic mass is 79.9. The van der Waals surface area contributed by atoms with E-state index in [1.807, 2.05) is 13.0 Å². The van der Waals surface area contributed by atoms with Gasteiger partial charge in [-0.25, -0.2) is 9.97 Å². The van der Waals surface area contributed by atoms with Crippen LogP contribution >= 0.6 is 15.9 Å². The monoisotopic (exact) mass is 387 g/mol. The summed E-state index contributed by atoms with van der Waals surface area (Å²) in [6, 6.07) is 8.01. The largest absolute Gasteiger partial charge is 0.468 e. The van der Waals surface area contributed by atoms with E-state index in [0.717, 1.165) is 29.5 Å². The first-order chi connectivity index (χ1) is 11.5. The fourth-order valence-electron chi connectivity index (χ4n) is 4.23. The average Bonchev–Trinajstić information content (AvgIpc) is 2.84. The Morgan fingerprint density at radius 1 is 1.29 bits per heavy atom. The van der Waals surface area contributed by atoms with Crippen LogP contribution in [0.5, 0.6) is 0 Å². The van der Waals surface area contributed by atoms with E-state index >= 15 is 0 Å². The standard InChI is InChI=1S/C18H18BrN3O2/c1-17(15(23)24-2)14-8-13(19)5-4-12(14)9-18(17)10-22(11-18)16-20-6-3-7-21-16/h3-8H,9-11H2,1-2H3. The van der Waals surface area contributed by atoms with Crippen molar-refractivity contribution in [2.45, 2.75) is 18.8 Å². The third-order valence-electron chi connectivity index (χ3n) is 5.62. The Morgan fingerprint density at radius 2 is 2.00 bits per heavy atom. The molecular formula is C18H18BrN3O2. The molecule has 0 N–H and O–H groups in total. The number of benzene rings is 1. The Balaban J connectivity index is 1.73. The number of fused-ring (bicyclic) bond motifs is 1. The van der Waals surface area contributed by atoms with E-state index < -0.39 is 5.41 Å². The lowest BCUT2D eigenvalue weighted by atomic mass is 9.60. The number of hydrogen-bond acceptors (Lipinski definition) is 5. The smallest absolute Gasteiger partial charge is 0.316 e. The Morgan fingerprint density at radius 3 is 2.67 bits per heavy atom. The topological polar surface area (TPSA) is 55.3 Å². The highest BCUT2D eigenvalue weighted by molar-refractivity contribution is 9.10. The van der Waals surface area contributed by atoms with Crippen LogP contribution in [0.4, 0.5) is 5.95 Å². The first kappa shape index (κ1) is 15.6. The zero-order valence-corrected chi connectivity index (χ0v) is 15.2. The maximum atomic E-state index is 12.8. The van der Waals surface area contributed by atoms with E-state index in [1.165, 1.54) is 12.7 Å². The fraction of sp³-hybridized carbons (Fsp3) is 0.389. The summed E-state index contributed by atoms with van der Waals surface area (Å²) < 4.78 is 6.18. The summed E-state index contributed by atoms with van der Waals surface area (Å²) in [5.74, 6) is 0.542. The van der Waals surface area contributed by atoms with Gasteiger partial charge in [-0.05, 0) is 42.7 Å². The minimum Gasteiger partial charge on any atom is -0.468 e. The number of rotatable bonds is 2. The lowest BCUT2D eigenvalue weighted by Crippen LogP contribution is -2.66. The first-order valence-electron chi connectivity index (χ1n) is 7.89. The van der Waals surface area contributed by atoms with E-state index in [9.17, 15) is 4.79 Å². The molecule has 24 heavy (non-hydrogen) atoms. The van der Waals surface area contributed by atoms with Crippen molar-refractivity contribution in [3.63, 3.8) is 0 Å². The molecule has 124 valence electrons. The summed E-state index contributed by atoms with van der Waals surface area (Å²) >= 11 is 3.53. The van der Waals surface area contributed by atoms with Gasteiger partial charge in [-0.2, -0.15) is 0 Å². The van der Waals surface area contributed by atoms with Gasteiger partial charge in [-0.3, -0.25) is 4.79 Å². The number of aromatic nitrogens is 2. The number of anilines is 1. The maximum absolute atomic E-state index is 12.8. The summed E-state index contributed by atoms with van der Waals surface area (Å²) in [5.41, 5.74) is 1.45.